The lowest BCUT2D eigenvalue weighted by atomic mass is 10.1. The van der Waals surface area contributed by atoms with Gasteiger partial charge < -0.3 is 30.6 Å². The Hall–Kier alpha value is -3.21. The number of hydrogen-bond donors (Lipinski definition) is 3. The van der Waals surface area contributed by atoms with E-state index in [1.165, 1.54) is 13.2 Å². The first-order chi connectivity index (χ1) is 16.5. The fourth-order valence-electron chi connectivity index (χ4n) is 4.55. The molecular weight excluding hydrogens is 436 g/mol. The second-order valence-electron chi connectivity index (χ2n) is 8.61. The molecule has 1 aromatic heterocycles. The monoisotopic (exact) mass is 468 g/mol. The minimum Gasteiger partial charge on any atom is -0.497 e. The predicted molar refractivity (Wildman–Crippen MR) is 135 cm³/mol. The molecule has 0 bridgehead atoms. The highest BCUT2D eigenvalue weighted by Crippen LogP contribution is 2.30. The number of nitrogens with one attached hydrogen (secondary N) is 2. The van der Waals surface area contributed by atoms with E-state index in [2.05, 4.69) is 20.1 Å². The summed E-state index contributed by atoms with van der Waals surface area (Å²) in [5.74, 6) is 0.556. The van der Waals surface area contributed by atoms with Crippen LogP contribution in [0.15, 0.2) is 35.1 Å². The SMILES string of the molecule is COc1ccc2[nH]c3c([N+](=O)[O-])ccc(NCCCN4CCN(CCCN)CC4)c3c(=O)c2c1. The van der Waals surface area contributed by atoms with Crippen molar-refractivity contribution in [3.05, 3.63) is 50.7 Å². The van der Waals surface area contributed by atoms with E-state index >= 15 is 0 Å². The third-order valence-corrected chi connectivity index (χ3v) is 6.45. The average Bonchev–Trinajstić information content (AvgIpc) is 2.85. The largest absolute Gasteiger partial charge is 0.497 e. The number of ether oxygens (including phenoxy) is 1. The number of rotatable bonds is 10. The molecule has 0 radical (unpaired) electrons. The van der Waals surface area contributed by atoms with Crippen LogP contribution in [-0.4, -0.2) is 79.2 Å². The number of anilines is 1. The first kappa shape index (κ1) is 23.9. The maximum Gasteiger partial charge on any atom is 0.293 e. The predicted octanol–water partition coefficient (Wildman–Crippen LogP) is 2.37. The molecule has 2 aromatic carbocycles. The summed E-state index contributed by atoms with van der Waals surface area (Å²) < 4.78 is 5.25. The number of H-pyrrole nitrogens is 1. The summed E-state index contributed by atoms with van der Waals surface area (Å²) >= 11 is 0. The molecule has 4 N–H and O–H groups in total. The van der Waals surface area contributed by atoms with Crippen LogP contribution in [0.4, 0.5) is 11.4 Å². The number of nitrogens with zero attached hydrogens (tertiary/aromatic N) is 3. The Bertz CT molecular complexity index is 1220. The Kier molecular flexibility index (Phi) is 7.61. The number of pyridine rings is 1. The molecule has 4 rings (SSSR count). The lowest BCUT2D eigenvalue weighted by Gasteiger charge is -2.34. The van der Waals surface area contributed by atoms with Gasteiger partial charge in [-0.05, 0) is 56.7 Å². The number of nitrogens with two attached hydrogens (primary N) is 1. The zero-order valence-electron chi connectivity index (χ0n) is 19.5. The highest BCUT2D eigenvalue weighted by Gasteiger charge is 2.20. The molecule has 0 aliphatic carbocycles. The summed E-state index contributed by atoms with van der Waals surface area (Å²) in [6.45, 7) is 7.62. The number of fused-ring (bicyclic) bond motifs is 2. The van der Waals surface area contributed by atoms with Crippen LogP contribution in [0.1, 0.15) is 12.8 Å². The summed E-state index contributed by atoms with van der Waals surface area (Å²) in [4.78, 5) is 32.5. The zero-order valence-corrected chi connectivity index (χ0v) is 19.5. The van der Waals surface area contributed by atoms with Crippen LogP contribution in [0.5, 0.6) is 5.75 Å². The third-order valence-electron chi connectivity index (χ3n) is 6.45. The van der Waals surface area contributed by atoms with Crippen molar-refractivity contribution in [1.29, 1.82) is 0 Å². The molecule has 2 heterocycles. The van der Waals surface area contributed by atoms with E-state index in [1.54, 1.807) is 24.3 Å². The molecule has 0 saturated carbocycles. The van der Waals surface area contributed by atoms with E-state index in [1.807, 2.05) is 0 Å². The minimum absolute atomic E-state index is 0.122. The first-order valence-corrected chi connectivity index (χ1v) is 11.7. The van der Waals surface area contributed by atoms with Gasteiger partial charge in [0, 0.05) is 49.9 Å². The van der Waals surface area contributed by atoms with Crippen LogP contribution in [-0.2, 0) is 0 Å². The summed E-state index contributed by atoms with van der Waals surface area (Å²) in [6, 6.07) is 8.14. The fourth-order valence-corrected chi connectivity index (χ4v) is 4.55. The van der Waals surface area contributed by atoms with Gasteiger partial charge in [-0.2, -0.15) is 0 Å². The second-order valence-corrected chi connectivity index (χ2v) is 8.61. The third kappa shape index (κ3) is 5.14. The average molecular weight is 469 g/mol. The van der Waals surface area contributed by atoms with E-state index in [0.29, 0.717) is 34.3 Å². The van der Waals surface area contributed by atoms with Gasteiger partial charge in [0.05, 0.1) is 22.9 Å². The normalized spacial score (nSPS) is 15.1. The zero-order chi connectivity index (χ0) is 24.1. The Morgan fingerprint density at radius 3 is 2.47 bits per heavy atom. The van der Waals surface area contributed by atoms with Crippen LogP contribution in [0.2, 0.25) is 0 Å². The van der Waals surface area contributed by atoms with Crippen molar-refractivity contribution in [2.75, 3.05) is 64.8 Å². The summed E-state index contributed by atoms with van der Waals surface area (Å²) in [5, 5.41) is 15.7. The molecule has 10 nitrogen and oxygen atoms in total. The minimum atomic E-state index is -0.468. The molecule has 1 saturated heterocycles. The van der Waals surface area contributed by atoms with Crippen LogP contribution < -0.4 is 21.2 Å². The van der Waals surface area contributed by atoms with Crippen molar-refractivity contribution in [2.24, 2.45) is 5.73 Å². The smallest absolute Gasteiger partial charge is 0.293 e. The molecule has 1 fully saturated rings. The molecule has 1 aliphatic heterocycles. The fraction of sp³-hybridized carbons (Fsp3) is 0.458. The van der Waals surface area contributed by atoms with Crippen molar-refractivity contribution in [2.45, 2.75) is 12.8 Å². The number of methoxy groups -OCH3 is 1. The number of piperazine rings is 1. The summed E-state index contributed by atoms with van der Waals surface area (Å²) in [7, 11) is 1.54. The molecule has 182 valence electrons. The Balaban J connectivity index is 1.49. The van der Waals surface area contributed by atoms with E-state index < -0.39 is 4.92 Å². The van der Waals surface area contributed by atoms with Crippen LogP contribution in [0.3, 0.4) is 0 Å². The van der Waals surface area contributed by atoms with E-state index in [0.717, 1.165) is 58.7 Å². The molecule has 34 heavy (non-hydrogen) atoms. The van der Waals surface area contributed by atoms with Crippen molar-refractivity contribution >= 4 is 33.2 Å². The van der Waals surface area contributed by atoms with Gasteiger partial charge in [0.15, 0.2) is 5.43 Å². The highest BCUT2D eigenvalue weighted by atomic mass is 16.6. The van der Waals surface area contributed by atoms with Gasteiger partial charge in [0.25, 0.3) is 5.69 Å². The van der Waals surface area contributed by atoms with E-state index in [4.69, 9.17) is 10.5 Å². The number of nitro groups is 1. The topological polar surface area (TPSA) is 130 Å². The number of nitro benzene ring substituents is 1. The number of benzene rings is 2. The molecule has 0 atom stereocenters. The van der Waals surface area contributed by atoms with Crippen molar-refractivity contribution < 1.29 is 9.66 Å². The maximum atomic E-state index is 13.4. The first-order valence-electron chi connectivity index (χ1n) is 11.7. The lowest BCUT2D eigenvalue weighted by molar-refractivity contribution is -0.383. The van der Waals surface area contributed by atoms with E-state index in [-0.39, 0.29) is 16.6 Å². The lowest BCUT2D eigenvalue weighted by Crippen LogP contribution is -2.47. The maximum absolute atomic E-state index is 13.4. The van der Waals surface area contributed by atoms with Crippen LogP contribution >= 0.6 is 0 Å². The number of non-ortho nitro benzene ring substituents is 1. The van der Waals surface area contributed by atoms with E-state index in [9.17, 15) is 14.9 Å². The molecule has 0 unspecified atom stereocenters. The Labute approximate surface area is 197 Å². The molecule has 3 aromatic rings. The summed E-state index contributed by atoms with van der Waals surface area (Å²) in [5.41, 5.74) is 6.58. The number of aromatic amines is 1. The number of aromatic nitrogens is 1. The molecule has 10 heteroatoms. The van der Waals surface area contributed by atoms with Gasteiger partial charge in [-0.3, -0.25) is 14.9 Å². The van der Waals surface area contributed by atoms with Gasteiger partial charge in [0.2, 0.25) is 0 Å². The van der Waals surface area contributed by atoms with Crippen molar-refractivity contribution in [3.63, 3.8) is 0 Å². The molecule has 0 spiro atoms. The van der Waals surface area contributed by atoms with Crippen molar-refractivity contribution in [3.8, 4) is 5.75 Å². The van der Waals surface area contributed by atoms with Gasteiger partial charge >= 0.3 is 0 Å². The van der Waals surface area contributed by atoms with Gasteiger partial charge in [-0.15, -0.1) is 0 Å². The Morgan fingerprint density at radius 1 is 1.12 bits per heavy atom. The standard InChI is InChI=1S/C24H32N6O4/c1-34-17-4-5-19-18(16-17)24(31)22-20(6-7-21(30(32)33)23(22)27-19)26-9-3-11-29-14-12-28(13-15-29)10-2-8-25/h4-7,16,26H,2-3,8-15,25H2,1H3,(H,27,31). The molecular formula is C24H32N6O4. The van der Waals surface area contributed by atoms with Gasteiger partial charge in [-0.1, -0.05) is 0 Å². The second kappa shape index (κ2) is 10.8. The number of hydrogen-bond acceptors (Lipinski definition) is 8. The molecule has 0 amide bonds. The molecule has 1 aliphatic rings. The van der Waals surface area contributed by atoms with Gasteiger partial charge in [-0.25, -0.2) is 0 Å². The quantitative estimate of drug-likeness (QED) is 0.179. The Morgan fingerprint density at radius 2 is 1.82 bits per heavy atom. The van der Waals surface area contributed by atoms with Crippen molar-refractivity contribution in [1.82, 2.24) is 14.8 Å². The van der Waals surface area contributed by atoms with Gasteiger partial charge in [0.1, 0.15) is 11.3 Å². The van der Waals surface area contributed by atoms with Crippen LogP contribution in [0.25, 0.3) is 21.8 Å². The summed E-state index contributed by atoms with van der Waals surface area (Å²) in [6.07, 6.45) is 1.94. The van der Waals surface area contributed by atoms with Crippen LogP contribution in [0, 0.1) is 10.1 Å². The highest BCUT2D eigenvalue weighted by molar-refractivity contribution is 6.03.